The Kier molecular flexibility index (Phi) is 7.95. The fourth-order valence-electron chi connectivity index (χ4n) is 4.95. The highest BCUT2D eigenvalue weighted by Crippen LogP contribution is 2.39. The molecule has 3 aromatic carbocycles. The lowest BCUT2D eigenvalue weighted by Crippen LogP contribution is -2.06. The zero-order valence-corrected chi connectivity index (χ0v) is 22.5. The minimum Gasteiger partial charge on any atom is -0.399 e. The number of rotatable bonds is 8. The summed E-state index contributed by atoms with van der Waals surface area (Å²) >= 11 is 6.21. The maximum absolute atomic E-state index is 6.21. The highest BCUT2D eigenvalue weighted by atomic mass is 35.5. The van der Waals surface area contributed by atoms with E-state index in [2.05, 4.69) is 98.4 Å². The number of nitrogens with one attached hydrogen (secondary N) is 1. The Morgan fingerprint density at radius 3 is 2.36 bits per heavy atom. The molecule has 36 heavy (non-hydrogen) atoms. The van der Waals surface area contributed by atoms with Crippen LogP contribution >= 0.6 is 11.6 Å². The number of hydrogen-bond donors (Lipinski definition) is 2. The molecule has 1 aromatic heterocycles. The van der Waals surface area contributed by atoms with Crippen LogP contribution in [0.15, 0.2) is 67.0 Å². The van der Waals surface area contributed by atoms with Crippen molar-refractivity contribution in [2.45, 2.75) is 59.3 Å². The van der Waals surface area contributed by atoms with E-state index in [9.17, 15) is 0 Å². The largest absolute Gasteiger partial charge is 0.399 e. The van der Waals surface area contributed by atoms with Crippen LogP contribution in [0.3, 0.4) is 0 Å². The summed E-state index contributed by atoms with van der Waals surface area (Å²) in [6, 6.07) is 19.5. The smallest absolute Gasteiger partial charge is 0.171 e. The van der Waals surface area contributed by atoms with Gasteiger partial charge < -0.3 is 11.1 Å². The third-order valence-electron chi connectivity index (χ3n) is 6.48. The molecule has 5 heteroatoms. The molecule has 0 saturated heterocycles. The van der Waals surface area contributed by atoms with Gasteiger partial charge in [0, 0.05) is 23.8 Å². The summed E-state index contributed by atoms with van der Waals surface area (Å²) in [6.45, 7) is 11.2. The molecule has 0 aliphatic rings. The van der Waals surface area contributed by atoms with Gasteiger partial charge >= 0.3 is 0 Å². The number of anilines is 3. The summed E-state index contributed by atoms with van der Waals surface area (Å²) in [5.74, 6) is 1.38. The summed E-state index contributed by atoms with van der Waals surface area (Å²) in [4.78, 5) is 8.42. The molecule has 3 N–H and O–H groups in total. The van der Waals surface area contributed by atoms with E-state index in [1.807, 2.05) is 6.07 Å². The summed E-state index contributed by atoms with van der Waals surface area (Å²) in [5, 5.41) is 3.68. The van der Waals surface area contributed by atoms with Crippen LogP contribution in [-0.4, -0.2) is 9.97 Å². The molecule has 4 rings (SSSR count). The van der Waals surface area contributed by atoms with Crippen molar-refractivity contribution < 1.29 is 0 Å². The van der Waals surface area contributed by atoms with Crippen molar-refractivity contribution in [2.75, 3.05) is 11.1 Å². The number of hydrogen-bond acceptors (Lipinski definition) is 4. The molecular formula is C31H35ClN4. The van der Waals surface area contributed by atoms with E-state index in [0.717, 1.165) is 24.2 Å². The van der Waals surface area contributed by atoms with Crippen molar-refractivity contribution in [3.63, 3.8) is 0 Å². The van der Waals surface area contributed by atoms with E-state index in [-0.39, 0.29) is 0 Å². The Hall–Kier alpha value is -3.37. The predicted molar refractivity (Wildman–Crippen MR) is 153 cm³/mol. The second-order valence-electron chi connectivity index (χ2n) is 10.1. The normalized spacial score (nSPS) is 11.3. The molecule has 186 valence electrons. The van der Waals surface area contributed by atoms with Gasteiger partial charge in [0.05, 0.1) is 0 Å². The number of halogens is 1. The first-order chi connectivity index (χ1) is 17.2. The van der Waals surface area contributed by atoms with Gasteiger partial charge in [-0.3, -0.25) is 0 Å². The molecule has 0 aliphatic heterocycles. The Balaban J connectivity index is 1.68. The van der Waals surface area contributed by atoms with Crippen molar-refractivity contribution in [3.8, 4) is 11.1 Å². The van der Waals surface area contributed by atoms with Gasteiger partial charge in [0.1, 0.15) is 0 Å². The molecule has 0 aliphatic carbocycles. The molecule has 0 unspecified atom stereocenters. The number of aromatic nitrogens is 2. The molecule has 0 saturated carbocycles. The van der Waals surface area contributed by atoms with E-state index in [1.165, 1.54) is 38.9 Å². The Morgan fingerprint density at radius 2 is 1.67 bits per heavy atom. The Morgan fingerprint density at radius 1 is 0.889 bits per heavy atom. The quantitative estimate of drug-likeness (QED) is 0.239. The predicted octanol–water partition coefficient (Wildman–Crippen LogP) is 8.46. The molecule has 0 amide bonds. The fraction of sp³-hybridized carbons (Fsp3) is 0.290. The highest BCUT2D eigenvalue weighted by Gasteiger charge is 2.19. The third kappa shape index (κ3) is 5.88. The van der Waals surface area contributed by atoms with Crippen molar-refractivity contribution >= 4 is 28.8 Å². The van der Waals surface area contributed by atoms with E-state index in [1.54, 1.807) is 12.4 Å². The van der Waals surface area contributed by atoms with Crippen LogP contribution in [0.5, 0.6) is 0 Å². The summed E-state index contributed by atoms with van der Waals surface area (Å²) in [5.41, 5.74) is 17.1. The van der Waals surface area contributed by atoms with Gasteiger partial charge in [0.2, 0.25) is 0 Å². The highest BCUT2D eigenvalue weighted by molar-refractivity contribution is 6.31. The summed E-state index contributed by atoms with van der Waals surface area (Å²) in [6.07, 6.45) is 5.11. The van der Waals surface area contributed by atoms with Gasteiger partial charge in [-0.15, -0.1) is 0 Å². The maximum Gasteiger partial charge on any atom is 0.171 e. The van der Waals surface area contributed by atoms with E-state index in [0.29, 0.717) is 22.8 Å². The number of nitrogens with zero attached hydrogens (tertiary/aromatic N) is 2. The van der Waals surface area contributed by atoms with Gasteiger partial charge in [0.25, 0.3) is 0 Å². The molecule has 0 bridgehead atoms. The molecule has 0 spiro atoms. The van der Waals surface area contributed by atoms with Gasteiger partial charge in [-0.05, 0) is 94.8 Å². The lowest BCUT2D eigenvalue weighted by atomic mass is 9.81. The SMILES string of the molecule is Cc1cc(CCc2ccc(C(C)C)c(-c3cccc(N)c3)c2C(C)C)cc(Nc2nccnc2Cl)c1. The third-order valence-corrected chi connectivity index (χ3v) is 6.76. The van der Waals surface area contributed by atoms with Crippen LogP contribution in [0.1, 0.15) is 67.3 Å². The molecule has 0 radical (unpaired) electrons. The zero-order chi connectivity index (χ0) is 25.8. The topological polar surface area (TPSA) is 63.8 Å². The molecule has 0 atom stereocenters. The molecule has 1 heterocycles. The first kappa shape index (κ1) is 25.7. The number of nitrogen functional groups attached to an aromatic ring is 1. The molecular weight excluding hydrogens is 464 g/mol. The molecule has 4 nitrogen and oxygen atoms in total. The minimum absolute atomic E-state index is 0.362. The van der Waals surface area contributed by atoms with E-state index < -0.39 is 0 Å². The summed E-state index contributed by atoms with van der Waals surface area (Å²) < 4.78 is 0. The van der Waals surface area contributed by atoms with Crippen molar-refractivity contribution in [2.24, 2.45) is 0 Å². The first-order valence-electron chi connectivity index (χ1n) is 12.6. The standard InChI is InChI=1S/C31H35ClN4/c1-19(2)27-12-11-23(28(20(3)4)29(27)24-7-6-8-25(33)18-24)10-9-22-15-21(5)16-26(17-22)36-31-30(32)34-13-14-35-31/h6-8,11-20H,9-10,33H2,1-5H3,(H,35,36). The van der Waals surface area contributed by atoms with Gasteiger partial charge in [0.15, 0.2) is 11.0 Å². The first-order valence-corrected chi connectivity index (χ1v) is 13.0. The average molecular weight is 499 g/mol. The monoisotopic (exact) mass is 498 g/mol. The number of nitrogens with two attached hydrogens (primary N) is 1. The van der Waals surface area contributed by atoms with Crippen LogP contribution in [0.4, 0.5) is 17.2 Å². The van der Waals surface area contributed by atoms with Crippen LogP contribution in [0.25, 0.3) is 11.1 Å². The van der Waals surface area contributed by atoms with Crippen molar-refractivity contribution in [1.82, 2.24) is 9.97 Å². The Bertz CT molecular complexity index is 1360. The maximum atomic E-state index is 6.21. The van der Waals surface area contributed by atoms with Crippen LogP contribution in [0.2, 0.25) is 5.15 Å². The van der Waals surface area contributed by atoms with Crippen molar-refractivity contribution in [1.29, 1.82) is 0 Å². The molecule has 4 aromatic rings. The minimum atomic E-state index is 0.362. The van der Waals surface area contributed by atoms with Crippen LogP contribution in [-0.2, 0) is 12.8 Å². The number of aryl methyl sites for hydroxylation is 3. The number of benzene rings is 3. The van der Waals surface area contributed by atoms with Crippen LogP contribution in [0, 0.1) is 6.92 Å². The zero-order valence-electron chi connectivity index (χ0n) is 21.8. The average Bonchev–Trinajstić information content (AvgIpc) is 2.83. The van der Waals surface area contributed by atoms with Gasteiger partial charge in [-0.2, -0.15) is 0 Å². The molecule has 0 fully saturated rings. The second kappa shape index (κ2) is 11.1. The van der Waals surface area contributed by atoms with Gasteiger partial charge in [-0.25, -0.2) is 9.97 Å². The lowest BCUT2D eigenvalue weighted by Gasteiger charge is -2.24. The van der Waals surface area contributed by atoms with Gasteiger partial charge in [-0.1, -0.05) is 69.6 Å². The fourth-order valence-corrected chi connectivity index (χ4v) is 5.11. The van der Waals surface area contributed by atoms with Crippen LogP contribution < -0.4 is 11.1 Å². The van der Waals surface area contributed by atoms with E-state index in [4.69, 9.17) is 17.3 Å². The second-order valence-corrected chi connectivity index (χ2v) is 10.4. The van der Waals surface area contributed by atoms with Crippen molar-refractivity contribution in [3.05, 3.63) is 100.0 Å². The Labute approximate surface area is 220 Å². The lowest BCUT2D eigenvalue weighted by molar-refractivity contribution is 0.811. The van der Waals surface area contributed by atoms with E-state index >= 15 is 0 Å². The summed E-state index contributed by atoms with van der Waals surface area (Å²) in [7, 11) is 0.